The van der Waals surface area contributed by atoms with Crippen molar-refractivity contribution in [2.75, 3.05) is 7.11 Å². The highest BCUT2D eigenvalue weighted by Gasteiger charge is 2.52. The van der Waals surface area contributed by atoms with Crippen LogP contribution >= 0.6 is 0 Å². The zero-order valence-corrected chi connectivity index (χ0v) is 35.5. The molecule has 1 amide bonds. The minimum atomic E-state index is -2.08. The standard InChI is InChI=1S/C46H55NO12/c1-21-17-22(2)19-30(18-21)20-31-36-41(53)34-33(40(31)52)35-43(28(8)39(34)51)59-46(10,44(35)54)57-16-15-32(56-11)25(5)42(58-29(9)48)27(7)38(50)26(6)37(49)23(3)13-12-14-24(4)45(55)47-36/h12-19,23,25-27,32,37-38,42,49-51H,20H2,1-11H3,(H,47,55)/b13-12+,16-15+,24-14-. The summed E-state index contributed by atoms with van der Waals surface area (Å²) in [5.74, 6) is -9.05. The molecular formula is C46H55NO12. The number of amides is 1. The Bertz CT molecular complexity index is 2180. The number of ketones is 3. The van der Waals surface area contributed by atoms with Gasteiger partial charge in [0.1, 0.15) is 17.6 Å². The number of carbonyl (C=O) groups is 5. The number of carbonyl (C=O) groups excluding carboxylic acids is 5. The zero-order chi connectivity index (χ0) is 43.8. The topological polar surface area (TPSA) is 195 Å². The van der Waals surface area contributed by atoms with Gasteiger partial charge in [-0.3, -0.25) is 24.0 Å². The number of aliphatic hydroxyl groups is 2. The van der Waals surface area contributed by atoms with E-state index in [2.05, 4.69) is 5.32 Å². The molecule has 1 aliphatic carbocycles. The predicted molar refractivity (Wildman–Crippen MR) is 218 cm³/mol. The van der Waals surface area contributed by atoms with Crippen LogP contribution in [0.3, 0.4) is 0 Å². The van der Waals surface area contributed by atoms with Gasteiger partial charge in [-0.1, -0.05) is 75.2 Å². The van der Waals surface area contributed by atoms with E-state index in [0.29, 0.717) is 5.56 Å². The van der Waals surface area contributed by atoms with Gasteiger partial charge >= 0.3 is 11.8 Å². The van der Waals surface area contributed by atoms with Gasteiger partial charge in [0.25, 0.3) is 11.7 Å². The van der Waals surface area contributed by atoms with Crippen LogP contribution in [-0.4, -0.2) is 81.9 Å². The van der Waals surface area contributed by atoms with Gasteiger partial charge in [-0.05, 0) is 39.3 Å². The van der Waals surface area contributed by atoms with Crippen LogP contribution in [0.5, 0.6) is 11.5 Å². The summed E-state index contributed by atoms with van der Waals surface area (Å²) >= 11 is 0. The molecule has 0 fully saturated rings. The number of aromatic hydroxyl groups is 1. The average Bonchev–Trinajstić information content (AvgIpc) is 3.44. The van der Waals surface area contributed by atoms with Gasteiger partial charge in [-0.25, -0.2) is 0 Å². The van der Waals surface area contributed by atoms with Crippen molar-refractivity contribution in [3.8, 4) is 11.5 Å². The monoisotopic (exact) mass is 813 g/mol. The van der Waals surface area contributed by atoms with E-state index in [1.165, 1.54) is 53.2 Å². The molecule has 9 unspecified atom stereocenters. The number of esters is 1. The minimum absolute atomic E-state index is 0.00502. The molecule has 0 radical (unpaired) electrons. The molecule has 6 rings (SSSR count). The number of ether oxygens (including phenoxy) is 4. The number of Topliss-reactive ketones (excluding diaryl/α,β-unsaturated/α-hetero) is 3. The van der Waals surface area contributed by atoms with Crippen LogP contribution in [0.4, 0.5) is 0 Å². The van der Waals surface area contributed by atoms with Crippen LogP contribution in [0.1, 0.15) is 102 Å². The van der Waals surface area contributed by atoms with Gasteiger partial charge in [0.05, 0.1) is 47.0 Å². The third-order valence-electron chi connectivity index (χ3n) is 11.7. The second kappa shape index (κ2) is 17.5. The lowest BCUT2D eigenvalue weighted by Crippen LogP contribution is -2.46. The Morgan fingerprint density at radius 1 is 0.864 bits per heavy atom. The molecule has 9 atom stereocenters. The van der Waals surface area contributed by atoms with Crippen molar-refractivity contribution in [2.45, 2.75) is 106 Å². The number of nitrogens with one attached hydrogen (secondary N) is 1. The summed E-state index contributed by atoms with van der Waals surface area (Å²) in [6, 6.07) is 5.65. The van der Waals surface area contributed by atoms with Gasteiger partial charge in [0.15, 0.2) is 5.78 Å². The number of allylic oxidation sites excluding steroid dienone is 4. The van der Waals surface area contributed by atoms with Gasteiger partial charge in [0.2, 0.25) is 5.78 Å². The first-order valence-electron chi connectivity index (χ1n) is 19.7. The molecular weight excluding hydrogens is 759 g/mol. The van der Waals surface area contributed by atoms with Crippen molar-refractivity contribution < 1.29 is 58.2 Å². The highest BCUT2D eigenvalue weighted by Crippen LogP contribution is 2.49. The maximum Gasteiger partial charge on any atom is 0.312 e. The number of phenolic OH excluding ortho intramolecular Hbond substituents is 1. The van der Waals surface area contributed by atoms with Crippen molar-refractivity contribution in [3.05, 3.63) is 105 Å². The summed E-state index contributed by atoms with van der Waals surface area (Å²) in [4.78, 5) is 69.9. The summed E-state index contributed by atoms with van der Waals surface area (Å²) in [6.07, 6.45) is 3.37. The van der Waals surface area contributed by atoms with E-state index in [1.54, 1.807) is 39.8 Å². The van der Waals surface area contributed by atoms with Crippen LogP contribution < -0.4 is 10.1 Å². The number of fused-ring (bicyclic) bond motifs is 14. The van der Waals surface area contributed by atoms with Crippen LogP contribution in [0.15, 0.2) is 65.6 Å². The summed E-state index contributed by atoms with van der Waals surface area (Å²) in [7, 11) is 1.43. The van der Waals surface area contributed by atoms with Gasteiger partial charge in [-0.2, -0.15) is 0 Å². The molecule has 4 aliphatic rings. The van der Waals surface area contributed by atoms with Crippen LogP contribution in [0.25, 0.3) is 0 Å². The lowest BCUT2D eigenvalue weighted by atomic mass is 9.78. The van der Waals surface area contributed by atoms with Crippen molar-refractivity contribution in [3.63, 3.8) is 0 Å². The first-order chi connectivity index (χ1) is 27.6. The highest BCUT2D eigenvalue weighted by atomic mass is 16.7. The fraction of sp³-hybridized carbons (Fsp3) is 0.457. The normalized spacial score (nSPS) is 31.2. The second-order valence-electron chi connectivity index (χ2n) is 16.3. The average molecular weight is 814 g/mol. The lowest BCUT2D eigenvalue weighted by Gasteiger charge is -2.38. The fourth-order valence-electron chi connectivity index (χ4n) is 8.30. The van der Waals surface area contributed by atoms with Crippen LogP contribution in [-0.2, 0) is 30.2 Å². The zero-order valence-electron chi connectivity index (χ0n) is 35.5. The number of methoxy groups -OCH3 is 1. The molecule has 0 aromatic heterocycles. The largest absolute Gasteiger partial charge is 0.507 e. The molecule has 0 saturated heterocycles. The summed E-state index contributed by atoms with van der Waals surface area (Å²) in [5, 5.41) is 37.1. The molecule has 316 valence electrons. The number of rotatable bonds is 4. The molecule has 3 aliphatic heterocycles. The first kappa shape index (κ1) is 44.7. The Balaban J connectivity index is 1.69. The summed E-state index contributed by atoms with van der Waals surface area (Å²) < 4.78 is 23.6. The maximum atomic E-state index is 14.8. The number of aliphatic hydroxyl groups excluding tert-OH is 2. The number of hydrogen-bond acceptors (Lipinski definition) is 12. The van der Waals surface area contributed by atoms with Crippen molar-refractivity contribution in [2.24, 2.45) is 23.7 Å². The first-order valence-corrected chi connectivity index (χ1v) is 19.7. The Hall–Kier alpha value is -5.37. The van der Waals surface area contributed by atoms with Crippen molar-refractivity contribution in [1.82, 2.24) is 5.32 Å². The van der Waals surface area contributed by atoms with E-state index >= 15 is 0 Å². The van der Waals surface area contributed by atoms with Gasteiger partial charge in [-0.15, -0.1) is 0 Å². The maximum absolute atomic E-state index is 14.8. The minimum Gasteiger partial charge on any atom is -0.507 e. The molecule has 2 aromatic carbocycles. The molecule has 0 saturated carbocycles. The molecule has 2 aromatic rings. The van der Waals surface area contributed by atoms with E-state index in [9.17, 15) is 39.3 Å². The van der Waals surface area contributed by atoms with E-state index in [0.717, 1.165) is 11.1 Å². The molecule has 4 N–H and O–H groups in total. The van der Waals surface area contributed by atoms with Crippen LogP contribution in [0.2, 0.25) is 0 Å². The summed E-state index contributed by atoms with van der Waals surface area (Å²) in [5.41, 5.74) is 1.14. The molecule has 3 heterocycles. The molecule has 0 spiro atoms. The quantitative estimate of drug-likeness (QED) is 0.269. The second-order valence-corrected chi connectivity index (χ2v) is 16.3. The smallest absolute Gasteiger partial charge is 0.312 e. The van der Waals surface area contributed by atoms with Crippen molar-refractivity contribution in [1.29, 1.82) is 0 Å². The molecule has 59 heavy (non-hydrogen) atoms. The van der Waals surface area contributed by atoms with E-state index in [-0.39, 0.29) is 45.7 Å². The third kappa shape index (κ3) is 8.69. The van der Waals surface area contributed by atoms with E-state index in [1.807, 2.05) is 32.0 Å². The number of hydrogen-bond donors (Lipinski definition) is 4. The Morgan fingerprint density at radius 3 is 2.12 bits per heavy atom. The van der Waals surface area contributed by atoms with E-state index < -0.39 is 94.4 Å². The Kier molecular flexibility index (Phi) is 13.2. The Labute approximate surface area is 344 Å². The fourth-order valence-corrected chi connectivity index (χ4v) is 8.30. The number of phenols is 1. The predicted octanol–water partition coefficient (Wildman–Crippen LogP) is 5.86. The Morgan fingerprint density at radius 2 is 1.51 bits per heavy atom. The highest BCUT2D eigenvalue weighted by molar-refractivity contribution is 6.32. The van der Waals surface area contributed by atoms with Crippen LogP contribution in [0, 0.1) is 44.4 Å². The molecule has 5 bridgehead atoms. The van der Waals surface area contributed by atoms with Crippen molar-refractivity contribution >= 4 is 29.2 Å². The third-order valence-corrected chi connectivity index (χ3v) is 11.7. The SMILES string of the molecule is COC1/C=C/OC2(C)Oc3c(C)c(O)c4c(c3C2=O)C(=O)C(Cc2cc(C)cc(C)c2)=C(NC(=O)/C(C)=C\C=C\C(C)C(O)C(C)C(O)C(C)C(OC(C)=O)C1C)C4=O. The van der Waals surface area contributed by atoms with Gasteiger partial charge in [0, 0.05) is 67.8 Å². The number of benzene rings is 2. The molecule has 13 nitrogen and oxygen atoms in total. The van der Waals surface area contributed by atoms with Gasteiger partial charge < -0.3 is 39.6 Å². The lowest BCUT2D eigenvalue weighted by molar-refractivity contribution is -0.160. The summed E-state index contributed by atoms with van der Waals surface area (Å²) in [6.45, 7) is 16.2. The van der Waals surface area contributed by atoms with E-state index in [4.69, 9.17) is 18.9 Å². The molecule has 13 heteroatoms. The number of aryl methyl sites for hydroxylation is 2.